The van der Waals surface area contributed by atoms with Crippen molar-refractivity contribution in [2.24, 2.45) is 5.92 Å². The van der Waals surface area contributed by atoms with Crippen LogP contribution in [-0.2, 0) is 22.6 Å². The van der Waals surface area contributed by atoms with Crippen LogP contribution in [-0.4, -0.2) is 31.9 Å². The Bertz CT molecular complexity index is 908. The Labute approximate surface area is 174 Å². The Morgan fingerprint density at radius 3 is 2.72 bits per heavy atom. The predicted octanol–water partition coefficient (Wildman–Crippen LogP) is 3.34. The molecular formula is C22H24N4O2S. The fourth-order valence-electron chi connectivity index (χ4n) is 3.87. The number of carbonyl (C=O) groups is 2. The normalized spacial score (nSPS) is 23.7. The molecule has 0 unspecified atom stereocenters. The summed E-state index contributed by atoms with van der Waals surface area (Å²) in [6.07, 6.45) is 12.6. The number of thioether (sulfide) groups is 1. The van der Waals surface area contributed by atoms with Crippen molar-refractivity contribution in [1.82, 2.24) is 20.3 Å². The molecule has 2 aromatic rings. The van der Waals surface area contributed by atoms with Crippen molar-refractivity contribution in [1.29, 1.82) is 0 Å². The van der Waals surface area contributed by atoms with Crippen LogP contribution in [0.1, 0.15) is 49.2 Å². The van der Waals surface area contributed by atoms with Gasteiger partial charge in [-0.3, -0.25) is 14.6 Å². The lowest BCUT2D eigenvalue weighted by molar-refractivity contribution is -0.119. The minimum atomic E-state index is -0.114. The first-order chi connectivity index (χ1) is 14.2. The van der Waals surface area contributed by atoms with E-state index in [0.717, 1.165) is 56.2 Å². The third-order valence-electron chi connectivity index (χ3n) is 5.45. The number of nitrogens with one attached hydrogen (secondary N) is 1. The molecule has 3 heterocycles. The van der Waals surface area contributed by atoms with Gasteiger partial charge in [-0.2, -0.15) is 0 Å². The van der Waals surface area contributed by atoms with Crippen LogP contribution in [0.5, 0.6) is 0 Å². The highest BCUT2D eigenvalue weighted by atomic mass is 32.2. The van der Waals surface area contributed by atoms with Crippen LogP contribution >= 0.6 is 11.8 Å². The highest BCUT2D eigenvalue weighted by molar-refractivity contribution is 8.18. The van der Waals surface area contributed by atoms with Crippen LogP contribution in [0.2, 0.25) is 0 Å². The second kappa shape index (κ2) is 9.41. The number of pyridine rings is 1. The van der Waals surface area contributed by atoms with Gasteiger partial charge < -0.3 is 5.32 Å². The van der Waals surface area contributed by atoms with Crippen LogP contribution in [0.4, 0.5) is 0 Å². The van der Waals surface area contributed by atoms with Crippen molar-refractivity contribution < 1.29 is 9.59 Å². The molecule has 0 amide bonds. The zero-order valence-electron chi connectivity index (χ0n) is 16.2. The third kappa shape index (κ3) is 5.58. The maximum absolute atomic E-state index is 11.8. The number of aromatic nitrogens is 3. The van der Waals surface area contributed by atoms with Gasteiger partial charge in [0.1, 0.15) is 5.82 Å². The van der Waals surface area contributed by atoms with E-state index < -0.39 is 0 Å². The molecule has 0 radical (unpaired) electrons. The van der Waals surface area contributed by atoms with E-state index in [0.29, 0.717) is 22.6 Å². The van der Waals surface area contributed by atoms with E-state index in [2.05, 4.69) is 26.3 Å². The number of nitrogens with zero attached hydrogens (tertiary/aromatic N) is 3. The summed E-state index contributed by atoms with van der Waals surface area (Å²) in [5.41, 5.74) is 1.92. The smallest absolute Gasteiger partial charge is 0.201 e. The van der Waals surface area contributed by atoms with Crippen LogP contribution in [0.25, 0.3) is 6.08 Å². The zero-order valence-corrected chi connectivity index (χ0v) is 17.0. The van der Waals surface area contributed by atoms with Gasteiger partial charge in [-0.15, -0.1) is 0 Å². The Kier molecular flexibility index (Phi) is 6.46. The summed E-state index contributed by atoms with van der Waals surface area (Å²) < 4.78 is 0. The van der Waals surface area contributed by atoms with Crippen molar-refractivity contribution in [3.05, 3.63) is 58.8 Å². The Morgan fingerprint density at radius 2 is 2.00 bits per heavy atom. The van der Waals surface area contributed by atoms with Gasteiger partial charge in [-0.05, 0) is 67.1 Å². The summed E-state index contributed by atoms with van der Waals surface area (Å²) in [5.74, 6) is 1.28. The van der Waals surface area contributed by atoms with Crippen molar-refractivity contribution in [2.45, 2.75) is 51.1 Å². The summed E-state index contributed by atoms with van der Waals surface area (Å²) in [7, 11) is 0. The van der Waals surface area contributed by atoms with E-state index in [1.165, 1.54) is 5.56 Å². The molecule has 1 aliphatic heterocycles. The average Bonchev–Trinajstić information content (AvgIpc) is 3.05. The molecule has 29 heavy (non-hydrogen) atoms. The van der Waals surface area contributed by atoms with Crippen molar-refractivity contribution >= 4 is 28.7 Å². The number of hydrogen-bond acceptors (Lipinski definition) is 7. The molecule has 7 heteroatoms. The van der Waals surface area contributed by atoms with Gasteiger partial charge in [0.05, 0.1) is 17.0 Å². The van der Waals surface area contributed by atoms with Gasteiger partial charge in [-0.25, -0.2) is 9.97 Å². The van der Waals surface area contributed by atoms with Crippen LogP contribution in [0.15, 0.2) is 41.7 Å². The first kappa shape index (κ1) is 19.9. The van der Waals surface area contributed by atoms with Gasteiger partial charge in [0.25, 0.3) is 0 Å². The molecule has 1 aliphatic carbocycles. The number of rotatable bonds is 6. The molecule has 0 bridgehead atoms. The van der Waals surface area contributed by atoms with E-state index in [9.17, 15) is 9.59 Å². The van der Waals surface area contributed by atoms with Crippen LogP contribution in [0.3, 0.4) is 0 Å². The highest BCUT2D eigenvalue weighted by Crippen LogP contribution is 2.30. The molecule has 2 fully saturated rings. The summed E-state index contributed by atoms with van der Waals surface area (Å²) in [4.78, 5) is 36.9. The summed E-state index contributed by atoms with van der Waals surface area (Å²) in [6, 6.07) is 6.40. The predicted molar refractivity (Wildman–Crippen MR) is 113 cm³/mol. The lowest BCUT2D eigenvalue weighted by Crippen LogP contribution is -2.33. The van der Waals surface area contributed by atoms with Crippen molar-refractivity contribution in [2.75, 3.05) is 0 Å². The number of hydrogen-bond donors (Lipinski definition) is 1. The number of allylic oxidation sites excluding steroid dienone is 1. The highest BCUT2D eigenvalue weighted by Gasteiger charge is 2.26. The Morgan fingerprint density at radius 1 is 1.14 bits per heavy atom. The van der Waals surface area contributed by atoms with Crippen LogP contribution < -0.4 is 5.32 Å². The lowest BCUT2D eigenvalue weighted by Gasteiger charge is -2.29. The molecule has 6 nitrogen and oxygen atoms in total. The van der Waals surface area contributed by atoms with E-state index in [4.69, 9.17) is 0 Å². The first-order valence-electron chi connectivity index (χ1n) is 10.1. The largest absolute Gasteiger partial charge is 0.310 e. The van der Waals surface area contributed by atoms with Crippen LogP contribution in [0, 0.1) is 5.92 Å². The second-order valence-corrected chi connectivity index (χ2v) is 8.74. The molecular weight excluding hydrogens is 384 g/mol. The Balaban J connectivity index is 1.28. The minimum Gasteiger partial charge on any atom is -0.310 e. The lowest BCUT2D eigenvalue weighted by atomic mass is 9.84. The topological polar surface area (TPSA) is 84.8 Å². The SMILES string of the molecule is O=C1CC(=O)/C(=C/c2ccnc(CC3CCC(NCc4cccnc4)CC3)n2)S1. The van der Waals surface area contributed by atoms with Crippen molar-refractivity contribution in [3.63, 3.8) is 0 Å². The molecule has 1 saturated carbocycles. The van der Waals surface area contributed by atoms with E-state index in [-0.39, 0.29) is 17.3 Å². The van der Waals surface area contributed by atoms with Gasteiger partial charge in [0.15, 0.2) is 5.78 Å². The van der Waals surface area contributed by atoms with E-state index in [1.54, 1.807) is 24.5 Å². The molecule has 150 valence electrons. The molecule has 1 N–H and O–H groups in total. The summed E-state index contributed by atoms with van der Waals surface area (Å²) in [6.45, 7) is 0.863. The third-order valence-corrected chi connectivity index (χ3v) is 6.38. The maximum atomic E-state index is 11.8. The van der Waals surface area contributed by atoms with Crippen molar-refractivity contribution in [3.8, 4) is 0 Å². The van der Waals surface area contributed by atoms with Gasteiger partial charge >= 0.3 is 0 Å². The van der Waals surface area contributed by atoms with Gasteiger partial charge in [-0.1, -0.05) is 6.07 Å². The van der Waals surface area contributed by atoms with Gasteiger partial charge in [0.2, 0.25) is 5.12 Å². The first-order valence-corrected chi connectivity index (χ1v) is 10.9. The molecule has 0 atom stereocenters. The number of carbonyl (C=O) groups excluding carboxylic acids is 2. The Hall–Kier alpha value is -2.38. The average molecular weight is 409 g/mol. The molecule has 1 saturated heterocycles. The standard InChI is InChI=1S/C22H24N4O2S/c27-19-12-22(28)29-20(19)11-18-7-9-24-21(26-18)10-15-3-5-17(6-4-15)25-14-16-2-1-8-23-13-16/h1-2,7-9,11,13,15,17,25H,3-6,10,12,14H2/b20-11-. The summed E-state index contributed by atoms with van der Waals surface area (Å²) in [5, 5.41) is 3.55. The second-order valence-electron chi connectivity index (χ2n) is 7.64. The van der Waals surface area contributed by atoms with Gasteiger partial charge in [0, 0.05) is 37.6 Å². The minimum absolute atomic E-state index is 0.00744. The fourth-order valence-corrected chi connectivity index (χ4v) is 4.68. The van der Waals surface area contributed by atoms with E-state index >= 15 is 0 Å². The quantitative estimate of drug-likeness (QED) is 0.580. The number of Topliss-reactive ketones (excluding diaryl/α,β-unsaturated/α-hetero) is 1. The molecule has 0 spiro atoms. The molecule has 2 aromatic heterocycles. The molecule has 4 rings (SSSR count). The number of ketones is 1. The molecule has 0 aromatic carbocycles. The zero-order chi connectivity index (χ0) is 20.1. The maximum Gasteiger partial charge on any atom is 0.201 e. The van der Waals surface area contributed by atoms with E-state index in [1.807, 2.05) is 12.3 Å². The monoisotopic (exact) mass is 408 g/mol. The molecule has 2 aliphatic rings. The summed E-state index contributed by atoms with van der Waals surface area (Å²) >= 11 is 1.01. The fraction of sp³-hybridized carbons (Fsp3) is 0.409.